The molecule has 0 radical (unpaired) electrons. The Morgan fingerprint density at radius 1 is 1.53 bits per heavy atom. The molecule has 1 aromatic rings. The lowest BCUT2D eigenvalue weighted by molar-refractivity contribution is -0.116. The van der Waals surface area contributed by atoms with Crippen molar-refractivity contribution in [3.05, 3.63) is 23.2 Å². The second-order valence-corrected chi connectivity index (χ2v) is 5.41. The van der Waals surface area contributed by atoms with E-state index >= 15 is 0 Å². The van der Waals surface area contributed by atoms with E-state index in [1.54, 1.807) is 18.2 Å². The van der Waals surface area contributed by atoms with Gasteiger partial charge in [0.05, 0.1) is 11.4 Å². The fourth-order valence-corrected chi connectivity index (χ4v) is 2.14. The third-order valence-electron chi connectivity index (χ3n) is 2.19. The van der Waals surface area contributed by atoms with Gasteiger partial charge in [-0.05, 0) is 36.1 Å². The Kier molecular flexibility index (Phi) is 6.22. The van der Waals surface area contributed by atoms with Crippen LogP contribution < -0.4 is 11.1 Å². The molecule has 0 aliphatic rings. The summed E-state index contributed by atoms with van der Waals surface area (Å²) in [5, 5.41) is 3.34. The van der Waals surface area contributed by atoms with E-state index in [4.69, 9.17) is 17.3 Å². The highest BCUT2D eigenvalue weighted by Gasteiger charge is 2.05. The number of carbonyl (C=O) groups excluding carboxylic acids is 1. The maximum Gasteiger partial charge on any atom is 0.224 e. The van der Waals surface area contributed by atoms with Crippen molar-refractivity contribution in [3.63, 3.8) is 0 Å². The first kappa shape index (κ1) is 14.2. The molecule has 5 heteroatoms. The van der Waals surface area contributed by atoms with Crippen LogP contribution in [0.4, 0.5) is 11.4 Å². The molecule has 0 heterocycles. The van der Waals surface area contributed by atoms with Crippen LogP contribution in [-0.4, -0.2) is 17.4 Å². The van der Waals surface area contributed by atoms with Crippen molar-refractivity contribution in [2.45, 2.75) is 19.8 Å². The van der Waals surface area contributed by atoms with E-state index in [1.165, 1.54) is 0 Å². The zero-order valence-electron chi connectivity index (χ0n) is 9.83. The molecule has 17 heavy (non-hydrogen) atoms. The van der Waals surface area contributed by atoms with Crippen LogP contribution in [0.25, 0.3) is 0 Å². The van der Waals surface area contributed by atoms with Gasteiger partial charge >= 0.3 is 0 Å². The van der Waals surface area contributed by atoms with Crippen LogP contribution in [0.1, 0.15) is 19.8 Å². The van der Waals surface area contributed by atoms with Gasteiger partial charge in [0.1, 0.15) is 0 Å². The molecular weight excluding hydrogens is 256 g/mol. The maximum absolute atomic E-state index is 11.6. The van der Waals surface area contributed by atoms with Crippen LogP contribution in [0.2, 0.25) is 5.02 Å². The lowest BCUT2D eigenvalue weighted by atomic mass is 10.2. The van der Waals surface area contributed by atoms with E-state index in [2.05, 4.69) is 12.2 Å². The number of rotatable bonds is 6. The summed E-state index contributed by atoms with van der Waals surface area (Å²) in [6.07, 6.45) is 1.39. The van der Waals surface area contributed by atoms with Crippen LogP contribution in [0.15, 0.2) is 18.2 Å². The lowest BCUT2D eigenvalue weighted by Crippen LogP contribution is -2.12. The molecule has 1 amide bonds. The monoisotopic (exact) mass is 272 g/mol. The summed E-state index contributed by atoms with van der Waals surface area (Å²) in [6.45, 7) is 2.11. The van der Waals surface area contributed by atoms with Crippen molar-refractivity contribution < 1.29 is 4.79 Å². The molecule has 3 nitrogen and oxygen atoms in total. The minimum atomic E-state index is -0.0179. The molecule has 1 aromatic carbocycles. The Morgan fingerprint density at radius 2 is 2.29 bits per heavy atom. The normalized spacial score (nSPS) is 10.2. The van der Waals surface area contributed by atoms with Gasteiger partial charge in [0.15, 0.2) is 0 Å². The molecule has 1 rings (SSSR count). The van der Waals surface area contributed by atoms with Crippen molar-refractivity contribution in [1.29, 1.82) is 0 Å². The smallest absolute Gasteiger partial charge is 0.224 e. The molecule has 0 aliphatic heterocycles. The van der Waals surface area contributed by atoms with Crippen LogP contribution in [0, 0.1) is 0 Å². The predicted molar refractivity (Wildman–Crippen MR) is 76.7 cm³/mol. The Morgan fingerprint density at radius 3 is 3.00 bits per heavy atom. The average molecular weight is 273 g/mol. The average Bonchev–Trinajstić information content (AvgIpc) is 2.29. The quantitative estimate of drug-likeness (QED) is 0.616. The Labute approximate surface area is 111 Å². The number of thioether (sulfide) groups is 1. The second kappa shape index (κ2) is 7.45. The van der Waals surface area contributed by atoms with Gasteiger partial charge in [0, 0.05) is 11.4 Å². The zero-order valence-corrected chi connectivity index (χ0v) is 11.4. The number of carbonyl (C=O) groups is 1. The number of halogens is 1. The van der Waals surface area contributed by atoms with E-state index in [0.29, 0.717) is 22.8 Å². The fourth-order valence-electron chi connectivity index (χ4n) is 1.33. The predicted octanol–water partition coefficient (Wildman–Crippen LogP) is 3.39. The second-order valence-electron chi connectivity index (χ2n) is 3.58. The van der Waals surface area contributed by atoms with E-state index in [0.717, 1.165) is 17.9 Å². The van der Waals surface area contributed by atoms with Gasteiger partial charge in [-0.1, -0.05) is 18.5 Å². The highest BCUT2D eigenvalue weighted by molar-refractivity contribution is 7.99. The summed E-state index contributed by atoms with van der Waals surface area (Å²) in [5.41, 5.74) is 6.86. The molecular formula is C12H17ClN2OS. The zero-order chi connectivity index (χ0) is 12.7. The molecule has 94 valence electrons. The molecule has 0 saturated carbocycles. The number of hydrogen-bond donors (Lipinski definition) is 2. The third-order valence-corrected chi connectivity index (χ3v) is 3.41. The summed E-state index contributed by atoms with van der Waals surface area (Å²) in [7, 11) is 0. The summed E-state index contributed by atoms with van der Waals surface area (Å²) in [4.78, 5) is 11.6. The summed E-state index contributed by atoms with van der Waals surface area (Å²) < 4.78 is 0. The third kappa shape index (κ3) is 5.33. The van der Waals surface area contributed by atoms with Crippen molar-refractivity contribution >= 4 is 40.6 Å². The maximum atomic E-state index is 11.6. The molecule has 0 aromatic heterocycles. The standard InChI is InChI=1S/C12H17ClN2OS/c1-2-17-7-3-4-12(16)15-11-8-9(13)5-6-10(11)14/h5-6,8H,2-4,7,14H2,1H3,(H,15,16). The SMILES string of the molecule is CCSCCCC(=O)Nc1cc(Cl)ccc1N. The fraction of sp³-hybridized carbons (Fsp3) is 0.417. The molecule has 0 fully saturated rings. The molecule has 0 bridgehead atoms. The molecule has 3 N–H and O–H groups in total. The topological polar surface area (TPSA) is 55.1 Å². The van der Waals surface area contributed by atoms with Crippen molar-refractivity contribution in [1.82, 2.24) is 0 Å². The Hall–Kier alpha value is -0.870. The van der Waals surface area contributed by atoms with Crippen LogP contribution in [0.3, 0.4) is 0 Å². The van der Waals surface area contributed by atoms with Gasteiger partial charge in [0.25, 0.3) is 0 Å². The minimum Gasteiger partial charge on any atom is -0.397 e. The van der Waals surface area contributed by atoms with Gasteiger partial charge < -0.3 is 11.1 Å². The molecule has 0 unspecified atom stereocenters. The number of nitrogens with two attached hydrogens (primary N) is 1. The van der Waals surface area contributed by atoms with E-state index in [-0.39, 0.29) is 5.91 Å². The first-order valence-electron chi connectivity index (χ1n) is 5.56. The number of benzene rings is 1. The number of nitrogens with one attached hydrogen (secondary N) is 1. The Balaban J connectivity index is 2.42. The van der Waals surface area contributed by atoms with Gasteiger partial charge in [-0.15, -0.1) is 0 Å². The number of nitrogen functional groups attached to an aromatic ring is 1. The molecule has 0 atom stereocenters. The molecule has 0 saturated heterocycles. The summed E-state index contributed by atoms with van der Waals surface area (Å²) in [6, 6.07) is 5.05. The van der Waals surface area contributed by atoms with Gasteiger partial charge in [-0.3, -0.25) is 4.79 Å². The summed E-state index contributed by atoms with van der Waals surface area (Å²) in [5.74, 6) is 2.08. The van der Waals surface area contributed by atoms with E-state index in [1.807, 2.05) is 11.8 Å². The lowest BCUT2D eigenvalue weighted by Gasteiger charge is -2.08. The number of anilines is 2. The Bertz CT molecular complexity index is 385. The molecule has 0 spiro atoms. The highest BCUT2D eigenvalue weighted by Crippen LogP contribution is 2.23. The van der Waals surface area contributed by atoms with E-state index in [9.17, 15) is 4.79 Å². The minimum absolute atomic E-state index is 0.0179. The van der Waals surface area contributed by atoms with Crippen LogP contribution in [-0.2, 0) is 4.79 Å². The van der Waals surface area contributed by atoms with Crippen molar-refractivity contribution in [3.8, 4) is 0 Å². The van der Waals surface area contributed by atoms with Crippen LogP contribution in [0.5, 0.6) is 0 Å². The number of hydrogen-bond acceptors (Lipinski definition) is 3. The van der Waals surface area contributed by atoms with E-state index < -0.39 is 0 Å². The first-order chi connectivity index (χ1) is 8.13. The highest BCUT2D eigenvalue weighted by atomic mass is 35.5. The van der Waals surface area contributed by atoms with Crippen LogP contribution >= 0.6 is 23.4 Å². The van der Waals surface area contributed by atoms with Gasteiger partial charge in [0.2, 0.25) is 5.91 Å². The molecule has 0 aliphatic carbocycles. The first-order valence-corrected chi connectivity index (χ1v) is 7.09. The van der Waals surface area contributed by atoms with Crippen molar-refractivity contribution in [2.24, 2.45) is 0 Å². The van der Waals surface area contributed by atoms with Crippen molar-refractivity contribution in [2.75, 3.05) is 22.6 Å². The van der Waals surface area contributed by atoms with Gasteiger partial charge in [-0.2, -0.15) is 11.8 Å². The largest absolute Gasteiger partial charge is 0.397 e. The number of amides is 1. The summed E-state index contributed by atoms with van der Waals surface area (Å²) >= 11 is 7.67. The van der Waals surface area contributed by atoms with Gasteiger partial charge in [-0.25, -0.2) is 0 Å².